The quantitative estimate of drug-likeness (QED) is 0.169. The van der Waals surface area contributed by atoms with Gasteiger partial charge in [-0.3, -0.25) is 9.59 Å². The minimum absolute atomic E-state index is 0.312. The number of imide groups is 1. The minimum Gasteiger partial charge on any atom is -0.308 e. The van der Waals surface area contributed by atoms with Gasteiger partial charge in [0.15, 0.2) is 0 Å². The number of anilines is 1. The van der Waals surface area contributed by atoms with E-state index in [0.29, 0.717) is 45.3 Å². The molecule has 1 aliphatic rings. The molecule has 0 saturated carbocycles. The smallest absolute Gasteiger partial charge is 0.268 e. The van der Waals surface area contributed by atoms with Crippen LogP contribution in [0.2, 0.25) is 0 Å². The van der Waals surface area contributed by atoms with Gasteiger partial charge < -0.3 is 4.57 Å². The number of aromatic nitrogens is 3. The fraction of sp³-hybridized carbons (Fsp3) is 0. The largest absolute Gasteiger partial charge is 0.308 e. The molecular formula is C44H24N6O2. The Bertz CT molecular complexity index is 2760. The van der Waals surface area contributed by atoms with Crippen LogP contribution in [0.25, 0.3) is 61.1 Å². The molecule has 8 nitrogen and oxygen atoms in total. The van der Waals surface area contributed by atoms with Crippen molar-refractivity contribution in [3.05, 3.63) is 168 Å². The van der Waals surface area contributed by atoms with Crippen molar-refractivity contribution in [2.45, 2.75) is 0 Å². The maximum atomic E-state index is 14.6. The highest BCUT2D eigenvalue weighted by Gasteiger charge is 2.40. The van der Waals surface area contributed by atoms with Gasteiger partial charge >= 0.3 is 0 Å². The molecule has 0 radical (unpaired) electrons. The zero-order valence-corrected chi connectivity index (χ0v) is 27.4. The van der Waals surface area contributed by atoms with E-state index in [-0.39, 0.29) is 5.91 Å². The number of nitriles is 2. The second-order valence-corrected chi connectivity index (χ2v) is 12.4. The number of carbonyl (C=O) groups is 2. The Hall–Kier alpha value is -7.68. The van der Waals surface area contributed by atoms with Gasteiger partial charge in [0.25, 0.3) is 11.8 Å². The highest BCUT2D eigenvalue weighted by atomic mass is 16.2. The molecular weight excluding hydrogens is 645 g/mol. The Labute approximate surface area is 297 Å². The first kappa shape index (κ1) is 30.4. The van der Waals surface area contributed by atoms with E-state index in [1.165, 1.54) is 4.90 Å². The monoisotopic (exact) mass is 668 g/mol. The molecule has 5 aromatic carbocycles. The van der Waals surface area contributed by atoms with E-state index in [1.807, 2.05) is 108 Å². The maximum absolute atomic E-state index is 14.6. The van der Waals surface area contributed by atoms with Gasteiger partial charge in [0.1, 0.15) is 23.5 Å². The predicted molar refractivity (Wildman–Crippen MR) is 200 cm³/mol. The third-order valence-electron chi connectivity index (χ3n) is 9.45. The van der Waals surface area contributed by atoms with Gasteiger partial charge in [-0.15, -0.1) is 0 Å². The second-order valence-electron chi connectivity index (χ2n) is 12.4. The van der Waals surface area contributed by atoms with Crippen LogP contribution in [-0.4, -0.2) is 26.3 Å². The van der Waals surface area contributed by atoms with Crippen LogP contribution in [0.3, 0.4) is 0 Å². The Kier molecular flexibility index (Phi) is 7.03. The maximum Gasteiger partial charge on any atom is 0.268 e. The van der Waals surface area contributed by atoms with Gasteiger partial charge in [0.05, 0.1) is 44.9 Å². The van der Waals surface area contributed by atoms with Crippen molar-refractivity contribution in [1.29, 1.82) is 10.5 Å². The highest BCUT2D eigenvalue weighted by molar-refractivity contribution is 6.36. The SMILES string of the molecule is N#Cc1cccc(-c2ccc3c(c2)c2cc(-c4cccc(C#N)n4)ccc2n3-c2cccc3c2C(=O)N(c2ccccc2-c2ccccc2)C3=O)n1. The summed E-state index contributed by atoms with van der Waals surface area (Å²) in [5, 5.41) is 20.8. The highest BCUT2D eigenvalue weighted by Crippen LogP contribution is 2.41. The van der Waals surface area contributed by atoms with Crippen LogP contribution in [0.15, 0.2) is 146 Å². The predicted octanol–water partition coefficient (Wildman–Crippen LogP) is 9.12. The molecule has 52 heavy (non-hydrogen) atoms. The van der Waals surface area contributed by atoms with Crippen LogP contribution in [-0.2, 0) is 0 Å². The average molecular weight is 669 g/mol. The molecule has 0 N–H and O–H groups in total. The Balaban J connectivity index is 1.27. The Morgan fingerprint density at radius 1 is 0.481 bits per heavy atom. The fourth-order valence-electron chi connectivity index (χ4n) is 7.12. The minimum atomic E-state index is -0.405. The van der Waals surface area contributed by atoms with E-state index in [2.05, 4.69) is 22.1 Å². The number of hydrogen-bond donors (Lipinski definition) is 0. The van der Waals surface area contributed by atoms with Crippen molar-refractivity contribution in [1.82, 2.24) is 14.5 Å². The first-order valence-electron chi connectivity index (χ1n) is 16.5. The molecule has 0 saturated heterocycles. The zero-order chi connectivity index (χ0) is 35.3. The summed E-state index contributed by atoms with van der Waals surface area (Å²) < 4.78 is 2.02. The molecule has 9 rings (SSSR count). The molecule has 0 fully saturated rings. The number of pyridine rings is 2. The topological polar surface area (TPSA) is 116 Å². The Morgan fingerprint density at radius 2 is 1.02 bits per heavy atom. The van der Waals surface area contributed by atoms with Gasteiger partial charge in [-0.05, 0) is 72.3 Å². The molecule has 0 bridgehead atoms. The number of carbonyl (C=O) groups excluding carboxylic acids is 2. The molecule has 242 valence electrons. The molecule has 4 heterocycles. The number of amides is 2. The molecule has 8 heteroatoms. The summed E-state index contributed by atoms with van der Waals surface area (Å²) in [6, 6.07) is 49.3. The van der Waals surface area contributed by atoms with Crippen molar-refractivity contribution < 1.29 is 9.59 Å². The lowest BCUT2D eigenvalue weighted by Crippen LogP contribution is -2.30. The summed E-state index contributed by atoms with van der Waals surface area (Å²) in [5.74, 6) is -0.792. The van der Waals surface area contributed by atoms with E-state index >= 15 is 0 Å². The van der Waals surface area contributed by atoms with Crippen LogP contribution < -0.4 is 4.90 Å². The lowest BCUT2D eigenvalue weighted by atomic mass is 10.0. The van der Waals surface area contributed by atoms with Gasteiger partial charge in [-0.25, -0.2) is 14.9 Å². The molecule has 0 spiro atoms. The van der Waals surface area contributed by atoms with Crippen LogP contribution in [0.4, 0.5) is 5.69 Å². The van der Waals surface area contributed by atoms with Gasteiger partial charge in [-0.1, -0.05) is 78.9 Å². The Morgan fingerprint density at radius 3 is 1.63 bits per heavy atom. The zero-order valence-electron chi connectivity index (χ0n) is 27.4. The lowest BCUT2D eigenvalue weighted by Gasteiger charge is -2.18. The van der Waals surface area contributed by atoms with Gasteiger partial charge in [-0.2, -0.15) is 10.5 Å². The van der Waals surface area contributed by atoms with Crippen molar-refractivity contribution in [3.8, 4) is 51.5 Å². The number of para-hydroxylation sites is 1. The van der Waals surface area contributed by atoms with Crippen LogP contribution in [0, 0.1) is 22.7 Å². The van der Waals surface area contributed by atoms with E-state index in [4.69, 9.17) is 0 Å². The van der Waals surface area contributed by atoms with Crippen molar-refractivity contribution in [2.24, 2.45) is 0 Å². The molecule has 0 aliphatic carbocycles. The standard InChI is InChI=1S/C44H24N6O2/c45-25-30-11-6-15-36(47-30)28-19-21-39-34(23-28)35-24-29(37-16-7-12-31(26-46)48-37)20-22-40(35)49(39)41-18-8-14-33-42(41)44(52)50(43(33)51)38-17-5-4-13-32(38)27-9-2-1-3-10-27/h1-24H. The first-order chi connectivity index (χ1) is 25.5. The molecule has 1 aliphatic heterocycles. The number of rotatable bonds is 5. The van der Waals surface area contributed by atoms with Gasteiger partial charge in [0, 0.05) is 27.5 Å². The lowest BCUT2D eigenvalue weighted by molar-refractivity contribution is 0.0926. The number of benzene rings is 5. The summed E-state index contributed by atoms with van der Waals surface area (Å²) >= 11 is 0. The van der Waals surface area contributed by atoms with Crippen molar-refractivity contribution in [2.75, 3.05) is 4.90 Å². The second kappa shape index (κ2) is 12.0. The fourth-order valence-corrected chi connectivity index (χ4v) is 7.12. The number of hydrogen-bond acceptors (Lipinski definition) is 6. The van der Waals surface area contributed by atoms with Crippen molar-refractivity contribution in [3.63, 3.8) is 0 Å². The van der Waals surface area contributed by atoms with E-state index in [1.54, 1.807) is 42.5 Å². The average Bonchev–Trinajstić information content (AvgIpc) is 3.67. The molecule has 2 amide bonds. The summed E-state index contributed by atoms with van der Waals surface area (Å²) in [4.78, 5) is 39.1. The summed E-state index contributed by atoms with van der Waals surface area (Å²) in [6.45, 7) is 0. The molecule has 3 aromatic heterocycles. The summed E-state index contributed by atoms with van der Waals surface area (Å²) in [7, 11) is 0. The van der Waals surface area contributed by atoms with Crippen LogP contribution >= 0.6 is 0 Å². The van der Waals surface area contributed by atoms with Gasteiger partial charge in [0.2, 0.25) is 0 Å². The van der Waals surface area contributed by atoms with Crippen molar-refractivity contribution >= 4 is 39.3 Å². The molecule has 0 atom stereocenters. The molecule has 8 aromatic rings. The number of nitrogens with zero attached hydrogens (tertiary/aromatic N) is 6. The normalized spacial score (nSPS) is 12.2. The van der Waals surface area contributed by atoms with E-state index < -0.39 is 5.91 Å². The summed E-state index contributed by atoms with van der Waals surface area (Å²) in [5.41, 5.74) is 8.56. The number of fused-ring (bicyclic) bond motifs is 4. The molecule has 0 unspecified atom stereocenters. The first-order valence-corrected chi connectivity index (χ1v) is 16.5. The third-order valence-corrected chi connectivity index (χ3v) is 9.45. The van der Waals surface area contributed by atoms with Crippen LogP contribution in [0.1, 0.15) is 32.1 Å². The van der Waals surface area contributed by atoms with Crippen LogP contribution in [0.5, 0.6) is 0 Å². The third kappa shape index (κ3) is 4.75. The van der Waals surface area contributed by atoms with E-state index in [9.17, 15) is 20.1 Å². The summed E-state index contributed by atoms with van der Waals surface area (Å²) in [6.07, 6.45) is 0. The van der Waals surface area contributed by atoms with E-state index in [0.717, 1.165) is 44.1 Å².